The van der Waals surface area contributed by atoms with Crippen molar-refractivity contribution in [1.29, 1.82) is 0 Å². The maximum atomic E-state index is 11.1. The monoisotopic (exact) mass is 253 g/mol. The molecule has 18 heavy (non-hydrogen) atoms. The second kappa shape index (κ2) is 6.18. The minimum absolute atomic E-state index is 0.0547. The van der Waals surface area contributed by atoms with Gasteiger partial charge in [-0.2, -0.15) is 0 Å². The van der Waals surface area contributed by atoms with E-state index >= 15 is 0 Å². The summed E-state index contributed by atoms with van der Waals surface area (Å²) in [4.78, 5) is 19.1. The summed E-state index contributed by atoms with van der Waals surface area (Å²) in [5.41, 5.74) is 0.771. The van der Waals surface area contributed by atoms with Crippen LogP contribution in [0.4, 0.5) is 5.82 Å². The van der Waals surface area contributed by atoms with Gasteiger partial charge in [-0.3, -0.25) is 4.79 Å². The summed E-state index contributed by atoms with van der Waals surface area (Å²) >= 11 is 0. The summed E-state index contributed by atoms with van der Waals surface area (Å²) in [5.74, 6) is -0.113. The van der Waals surface area contributed by atoms with Crippen molar-refractivity contribution in [2.24, 2.45) is 11.8 Å². The van der Waals surface area contributed by atoms with E-state index in [4.69, 9.17) is 9.84 Å². The lowest BCUT2D eigenvalue weighted by Gasteiger charge is -2.18. The molecule has 0 radical (unpaired) electrons. The molecule has 0 aliphatic carbocycles. The molecule has 1 rings (SSSR count). The third-order valence-electron chi connectivity index (χ3n) is 2.84. The summed E-state index contributed by atoms with van der Waals surface area (Å²) in [6.45, 7) is 5.92. The highest BCUT2D eigenvalue weighted by Crippen LogP contribution is 2.20. The van der Waals surface area contributed by atoms with E-state index in [2.05, 4.69) is 15.3 Å². The average Bonchev–Trinajstić information content (AvgIpc) is 2.30. The van der Waals surface area contributed by atoms with E-state index in [1.54, 1.807) is 0 Å². The van der Waals surface area contributed by atoms with Crippen molar-refractivity contribution in [3.63, 3.8) is 0 Å². The molecule has 100 valence electrons. The van der Waals surface area contributed by atoms with E-state index in [1.807, 2.05) is 20.8 Å². The number of methoxy groups -OCH3 is 1. The second-order valence-electron chi connectivity index (χ2n) is 4.43. The molecular weight excluding hydrogens is 234 g/mol. The largest absolute Gasteiger partial charge is 0.481 e. The van der Waals surface area contributed by atoms with Crippen molar-refractivity contribution < 1.29 is 14.6 Å². The molecule has 0 saturated carbocycles. The van der Waals surface area contributed by atoms with Crippen LogP contribution in [-0.4, -0.2) is 34.7 Å². The predicted molar refractivity (Wildman–Crippen MR) is 67.8 cm³/mol. The van der Waals surface area contributed by atoms with E-state index < -0.39 is 11.9 Å². The lowest BCUT2D eigenvalue weighted by atomic mass is 9.96. The number of aromatic nitrogens is 2. The molecule has 0 amide bonds. The van der Waals surface area contributed by atoms with Crippen LogP contribution in [-0.2, 0) is 4.79 Å². The summed E-state index contributed by atoms with van der Waals surface area (Å²) in [7, 11) is 1.54. The van der Waals surface area contributed by atoms with Gasteiger partial charge in [0.25, 0.3) is 0 Å². The third kappa shape index (κ3) is 3.32. The first kappa shape index (κ1) is 14.2. The Kier molecular flexibility index (Phi) is 4.88. The number of hydrogen-bond donors (Lipinski definition) is 2. The van der Waals surface area contributed by atoms with Crippen LogP contribution in [0.15, 0.2) is 6.33 Å². The molecule has 0 bridgehead atoms. The highest BCUT2D eigenvalue weighted by Gasteiger charge is 2.21. The van der Waals surface area contributed by atoms with Crippen LogP contribution in [0, 0.1) is 18.8 Å². The number of nitrogens with zero attached hydrogens (tertiary/aromatic N) is 2. The maximum Gasteiger partial charge on any atom is 0.308 e. The van der Waals surface area contributed by atoms with Crippen LogP contribution in [0.3, 0.4) is 0 Å². The minimum atomic E-state index is -0.809. The first-order chi connectivity index (χ1) is 8.47. The van der Waals surface area contributed by atoms with Crippen molar-refractivity contribution >= 4 is 11.8 Å². The zero-order valence-corrected chi connectivity index (χ0v) is 11.1. The molecule has 2 N–H and O–H groups in total. The van der Waals surface area contributed by atoms with E-state index in [9.17, 15) is 4.79 Å². The Morgan fingerprint density at radius 1 is 1.50 bits per heavy atom. The smallest absolute Gasteiger partial charge is 0.308 e. The van der Waals surface area contributed by atoms with Crippen LogP contribution < -0.4 is 10.1 Å². The van der Waals surface area contributed by atoms with Crippen molar-refractivity contribution in [3.05, 3.63) is 11.9 Å². The Hall–Kier alpha value is -1.85. The number of nitrogens with one attached hydrogen (secondary N) is 1. The van der Waals surface area contributed by atoms with Gasteiger partial charge < -0.3 is 15.2 Å². The summed E-state index contributed by atoms with van der Waals surface area (Å²) in [5, 5.41) is 12.1. The molecule has 1 aromatic rings. The molecule has 6 heteroatoms. The van der Waals surface area contributed by atoms with E-state index in [-0.39, 0.29) is 5.92 Å². The molecule has 0 aliphatic heterocycles. The Balaban J connectivity index is 2.76. The summed E-state index contributed by atoms with van der Waals surface area (Å²) in [6, 6.07) is 0. The van der Waals surface area contributed by atoms with Crippen molar-refractivity contribution in [1.82, 2.24) is 9.97 Å². The van der Waals surface area contributed by atoms with Crippen molar-refractivity contribution in [2.45, 2.75) is 20.8 Å². The Morgan fingerprint density at radius 2 is 2.17 bits per heavy atom. The van der Waals surface area contributed by atoms with Gasteiger partial charge in [0.05, 0.1) is 18.6 Å². The quantitative estimate of drug-likeness (QED) is 0.800. The van der Waals surface area contributed by atoms with Gasteiger partial charge in [-0.05, 0) is 12.8 Å². The van der Waals surface area contributed by atoms with Gasteiger partial charge in [0, 0.05) is 6.54 Å². The second-order valence-corrected chi connectivity index (χ2v) is 4.43. The van der Waals surface area contributed by atoms with Crippen molar-refractivity contribution in [3.8, 4) is 5.88 Å². The summed E-state index contributed by atoms with van der Waals surface area (Å²) in [6.07, 6.45) is 1.39. The fourth-order valence-corrected chi connectivity index (χ4v) is 1.63. The number of carboxylic acid groups (broad SMARTS) is 1. The SMILES string of the molecule is COc1ncnc(NCC(C(=O)O)C(C)C)c1C. The van der Waals surface area contributed by atoms with E-state index in [1.165, 1.54) is 13.4 Å². The van der Waals surface area contributed by atoms with Crippen LogP contribution in [0.2, 0.25) is 0 Å². The Bertz CT molecular complexity index is 421. The van der Waals surface area contributed by atoms with Gasteiger partial charge in [-0.25, -0.2) is 9.97 Å². The molecule has 6 nitrogen and oxygen atoms in total. The van der Waals surface area contributed by atoms with E-state index in [0.29, 0.717) is 18.2 Å². The zero-order chi connectivity index (χ0) is 13.7. The number of anilines is 1. The lowest BCUT2D eigenvalue weighted by molar-refractivity contribution is -0.142. The molecule has 1 atom stereocenters. The highest BCUT2D eigenvalue weighted by atomic mass is 16.5. The van der Waals surface area contributed by atoms with Gasteiger partial charge in [0.1, 0.15) is 12.1 Å². The molecule has 1 unspecified atom stereocenters. The molecule has 0 spiro atoms. The predicted octanol–water partition coefficient (Wildman–Crippen LogP) is 1.56. The molecule has 0 saturated heterocycles. The molecule has 0 fully saturated rings. The number of ether oxygens (including phenoxy) is 1. The highest BCUT2D eigenvalue weighted by molar-refractivity contribution is 5.71. The number of hydrogen-bond acceptors (Lipinski definition) is 5. The maximum absolute atomic E-state index is 11.1. The number of aliphatic carboxylic acids is 1. The Labute approximate surface area is 106 Å². The van der Waals surface area contributed by atoms with Gasteiger partial charge in [-0.1, -0.05) is 13.8 Å². The van der Waals surface area contributed by atoms with Gasteiger partial charge in [0.15, 0.2) is 0 Å². The van der Waals surface area contributed by atoms with Crippen LogP contribution >= 0.6 is 0 Å². The molecule has 0 aliphatic rings. The zero-order valence-electron chi connectivity index (χ0n) is 11.1. The Morgan fingerprint density at radius 3 is 2.67 bits per heavy atom. The number of carbonyl (C=O) groups is 1. The fourth-order valence-electron chi connectivity index (χ4n) is 1.63. The first-order valence-corrected chi connectivity index (χ1v) is 5.79. The van der Waals surface area contributed by atoms with Gasteiger partial charge in [0.2, 0.25) is 5.88 Å². The summed E-state index contributed by atoms with van der Waals surface area (Å²) < 4.78 is 5.08. The minimum Gasteiger partial charge on any atom is -0.481 e. The van der Waals surface area contributed by atoms with Crippen LogP contribution in [0.1, 0.15) is 19.4 Å². The van der Waals surface area contributed by atoms with Gasteiger partial charge in [-0.15, -0.1) is 0 Å². The number of rotatable bonds is 6. The normalized spacial score (nSPS) is 12.3. The van der Waals surface area contributed by atoms with Crippen LogP contribution in [0.5, 0.6) is 5.88 Å². The van der Waals surface area contributed by atoms with E-state index in [0.717, 1.165) is 5.56 Å². The van der Waals surface area contributed by atoms with Crippen molar-refractivity contribution in [2.75, 3.05) is 19.0 Å². The lowest BCUT2D eigenvalue weighted by Crippen LogP contribution is -2.28. The molecule has 1 heterocycles. The fraction of sp³-hybridized carbons (Fsp3) is 0.583. The topological polar surface area (TPSA) is 84.3 Å². The number of carboxylic acids is 1. The standard InChI is InChI=1S/C12H19N3O3/c1-7(2)9(12(16)17)5-13-10-8(3)11(18-4)15-6-14-10/h6-7,9H,5H2,1-4H3,(H,16,17)(H,13,14,15). The molecule has 0 aromatic carbocycles. The molecule has 1 aromatic heterocycles. The third-order valence-corrected chi connectivity index (χ3v) is 2.84. The van der Waals surface area contributed by atoms with Gasteiger partial charge >= 0.3 is 5.97 Å². The average molecular weight is 253 g/mol. The van der Waals surface area contributed by atoms with Crippen LogP contribution in [0.25, 0.3) is 0 Å². The first-order valence-electron chi connectivity index (χ1n) is 5.79. The molecular formula is C12H19N3O3.